The van der Waals surface area contributed by atoms with E-state index in [0.29, 0.717) is 17.7 Å². The molecule has 1 aromatic heterocycles. The standard InChI is InChI=1S/C25H36BrN5O3S/c1-23(2)15-22(31(5)29-23)25(4,33)28-21-10-7-9-18(14-21)19-13-20(17-27-16-19)24(3,32)30-35(6,34)12-8-11-26/h7,9-10,13-17,28-29,32-33H,8,11-12H2,1-6H3. The van der Waals surface area contributed by atoms with E-state index < -0.39 is 21.2 Å². The molecule has 0 amide bonds. The quantitative estimate of drug-likeness (QED) is 0.268. The molecular weight excluding hydrogens is 530 g/mol. The number of hydrogen-bond donors (Lipinski definition) is 4. The van der Waals surface area contributed by atoms with E-state index >= 15 is 0 Å². The predicted octanol–water partition coefficient (Wildman–Crippen LogP) is 4.03. The van der Waals surface area contributed by atoms with Crippen LogP contribution in [0.3, 0.4) is 0 Å². The van der Waals surface area contributed by atoms with Gasteiger partial charge in [-0.05, 0) is 64.0 Å². The summed E-state index contributed by atoms with van der Waals surface area (Å²) in [5.41, 5.74) is 3.60. The van der Waals surface area contributed by atoms with Gasteiger partial charge in [0.1, 0.15) is 0 Å². The minimum Gasteiger partial charge on any atom is -0.366 e. The molecule has 3 atom stereocenters. The van der Waals surface area contributed by atoms with Crippen molar-refractivity contribution in [3.05, 3.63) is 60.1 Å². The van der Waals surface area contributed by atoms with Gasteiger partial charge >= 0.3 is 0 Å². The average molecular weight is 567 g/mol. The summed E-state index contributed by atoms with van der Waals surface area (Å²) in [5, 5.41) is 28.0. The van der Waals surface area contributed by atoms with Gasteiger partial charge in [-0.25, -0.2) is 9.63 Å². The number of pyridine rings is 1. The molecule has 0 radical (unpaired) electrons. The van der Waals surface area contributed by atoms with E-state index in [1.165, 1.54) is 13.1 Å². The molecule has 192 valence electrons. The summed E-state index contributed by atoms with van der Waals surface area (Å²) in [4.78, 5) is 4.30. The largest absolute Gasteiger partial charge is 0.366 e. The molecule has 2 heterocycles. The Hall–Kier alpha value is -1.98. The first-order valence-corrected chi connectivity index (χ1v) is 14.7. The molecule has 10 heteroatoms. The molecule has 3 rings (SSSR count). The van der Waals surface area contributed by atoms with E-state index in [2.05, 4.69) is 36.0 Å². The van der Waals surface area contributed by atoms with Gasteiger partial charge in [-0.1, -0.05) is 28.1 Å². The summed E-state index contributed by atoms with van der Waals surface area (Å²) in [6.07, 6.45) is 7.50. The van der Waals surface area contributed by atoms with E-state index in [-0.39, 0.29) is 5.54 Å². The van der Waals surface area contributed by atoms with Crippen LogP contribution in [-0.2, 0) is 15.5 Å². The molecule has 1 aromatic carbocycles. The summed E-state index contributed by atoms with van der Waals surface area (Å²) < 4.78 is 17.1. The fourth-order valence-corrected chi connectivity index (χ4v) is 6.49. The molecule has 0 fully saturated rings. The number of hydrazine groups is 1. The number of aliphatic hydroxyl groups is 2. The van der Waals surface area contributed by atoms with Gasteiger partial charge in [-0.2, -0.15) is 4.36 Å². The zero-order valence-corrected chi connectivity index (χ0v) is 23.6. The molecule has 0 spiro atoms. The van der Waals surface area contributed by atoms with E-state index in [0.717, 1.165) is 27.8 Å². The summed E-state index contributed by atoms with van der Waals surface area (Å²) in [7, 11) is -0.689. The van der Waals surface area contributed by atoms with Gasteiger partial charge in [0.05, 0.1) is 11.2 Å². The summed E-state index contributed by atoms with van der Waals surface area (Å²) in [5.74, 6) is 0.396. The Morgan fingerprint density at radius 3 is 2.57 bits per heavy atom. The zero-order valence-electron chi connectivity index (χ0n) is 21.2. The number of aromatic nitrogens is 1. The first kappa shape index (κ1) is 27.6. The van der Waals surface area contributed by atoms with Crippen LogP contribution in [0.2, 0.25) is 0 Å². The zero-order chi connectivity index (χ0) is 26.1. The Kier molecular flexibility index (Phi) is 8.03. The van der Waals surface area contributed by atoms with Gasteiger partial charge in [0, 0.05) is 63.3 Å². The number of rotatable bonds is 9. The maximum Gasteiger partial charge on any atom is 0.189 e. The van der Waals surface area contributed by atoms with Crippen LogP contribution in [0.25, 0.3) is 11.1 Å². The summed E-state index contributed by atoms with van der Waals surface area (Å²) in [6.45, 7) is 7.31. The Balaban J connectivity index is 1.89. The van der Waals surface area contributed by atoms with Crippen molar-refractivity contribution >= 4 is 31.3 Å². The number of halogens is 1. The third kappa shape index (κ3) is 7.04. The lowest BCUT2D eigenvalue weighted by atomic mass is 10.0. The van der Waals surface area contributed by atoms with Crippen LogP contribution >= 0.6 is 15.9 Å². The second-order valence-corrected chi connectivity index (χ2v) is 13.3. The molecule has 4 N–H and O–H groups in total. The van der Waals surface area contributed by atoms with Crippen LogP contribution in [0, 0.1) is 0 Å². The molecule has 8 nitrogen and oxygen atoms in total. The Labute approximate surface area is 217 Å². The third-order valence-electron chi connectivity index (χ3n) is 5.71. The number of likely N-dealkylation sites (N-methyl/N-ethyl adjacent to an activating group) is 1. The monoisotopic (exact) mass is 565 g/mol. The van der Waals surface area contributed by atoms with Gasteiger partial charge in [0.2, 0.25) is 0 Å². The van der Waals surface area contributed by atoms with Gasteiger partial charge in [-0.3, -0.25) is 4.98 Å². The average Bonchev–Trinajstić information content (AvgIpc) is 3.04. The van der Waals surface area contributed by atoms with Crippen LogP contribution in [0.5, 0.6) is 0 Å². The highest BCUT2D eigenvalue weighted by molar-refractivity contribution is 9.09. The summed E-state index contributed by atoms with van der Waals surface area (Å²) in [6, 6.07) is 9.40. The molecular formula is C25H36BrN5O3S. The lowest BCUT2D eigenvalue weighted by Crippen LogP contribution is -2.46. The van der Waals surface area contributed by atoms with Crippen molar-refractivity contribution in [2.75, 3.05) is 29.7 Å². The second kappa shape index (κ2) is 10.2. The van der Waals surface area contributed by atoms with E-state index in [1.54, 1.807) is 25.4 Å². The smallest absolute Gasteiger partial charge is 0.189 e. The van der Waals surface area contributed by atoms with E-state index in [9.17, 15) is 14.4 Å². The first-order chi connectivity index (χ1) is 16.1. The first-order valence-electron chi connectivity index (χ1n) is 11.4. The number of hydrogen-bond acceptors (Lipinski definition) is 8. The molecule has 2 aromatic rings. The minimum absolute atomic E-state index is 0.262. The SMILES string of the molecule is CN1NC(C)(C)C=C1C(C)(O)Nc1cccc(-c2cncc(C(C)(O)N=S(C)(=O)CCCBr)c2)c1. The van der Waals surface area contributed by atoms with E-state index in [1.807, 2.05) is 56.2 Å². The number of alkyl halides is 1. The fraction of sp³-hybridized carbons (Fsp3) is 0.480. The lowest BCUT2D eigenvalue weighted by molar-refractivity contribution is 0.0693. The molecule has 0 saturated carbocycles. The Morgan fingerprint density at radius 1 is 1.23 bits per heavy atom. The van der Waals surface area contributed by atoms with Crippen LogP contribution < -0.4 is 10.7 Å². The highest BCUT2D eigenvalue weighted by Crippen LogP contribution is 2.32. The molecule has 35 heavy (non-hydrogen) atoms. The van der Waals surface area contributed by atoms with Crippen molar-refractivity contribution < 1.29 is 14.4 Å². The van der Waals surface area contributed by atoms with Crippen molar-refractivity contribution in [3.63, 3.8) is 0 Å². The Morgan fingerprint density at radius 2 is 1.94 bits per heavy atom. The van der Waals surface area contributed by atoms with Crippen molar-refractivity contribution in [1.29, 1.82) is 0 Å². The molecule has 0 aliphatic carbocycles. The van der Waals surface area contributed by atoms with Crippen molar-refractivity contribution in [2.45, 2.75) is 51.1 Å². The fourth-order valence-electron chi connectivity index (χ4n) is 4.21. The topological polar surface area (TPSA) is 110 Å². The number of nitrogens with one attached hydrogen (secondary N) is 2. The van der Waals surface area contributed by atoms with Crippen molar-refractivity contribution in [2.24, 2.45) is 4.36 Å². The van der Waals surface area contributed by atoms with E-state index in [4.69, 9.17) is 0 Å². The normalized spacial score (nSPS) is 20.4. The van der Waals surface area contributed by atoms with Crippen LogP contribution in [0.15, 0.2) is 58.9 Å². The maximum atomic E-state index is 12.8. The third-order valence-corrected chi connectivity index (χ3v) is 8.06. The molecule has 0 bridgehead atoms. The molecule has 1 aliphatic heterocycles. The van der Waals surface area contributed by atoms with Crippen molar-refractivity contribution in [1.82, 2.24) is 15.4 Å². The number of anilines is 1. The lowest BCUT2D eigenvalue weighted by Gasteiger charge is -2.32. The number of benzene rings is 1. The maximum absolute atomic E-state index is 12.8. The number of nitrogens with zero attached hydrogens (tertiary/aromatic N) is 3. The second-order valence-electron chi connectivity index (χ2n) is 9.98. The summed E-state index contributed by atoms with van der Waals surface area (Å²) >= 11 is 3.34. The van der Waals surface area contributed by atoms with Gasteiger partial charge in [0.15, 0.2) is 11.4 Å². The Bertz CT molecular complexity index is 1220. The van der Waals surface area contributed by atoms with Crippen LogP contribution in [-0.4, -0.2) is 60.1 Å². The minimum atomic E-state index is -2.56. The molecule has 3 unspecified atom stereocenters. The van der Waals surface area contributed by atoms with Crippen LogP contribution in [0.4, 0.5) is 5.69 Å². The highest BCUT2D eigenvalue weighted by atomic mass is 79.9. The highest BCUT2D eigenvalue weighted by Gasteiger charge is 2.37. The van der Waals surface area contributed by atoms with Gasteiger partial charge in [0.25, 0.3) is 0 Å². The molecule has 0 saturated heterocycles. The van der Waals surface area contributed by atoms with Gasteiger partial charge in [-0.15, -0.1) is 0 Å². The predicted molar refractivity (Wildman–Crippen MR) is 146 cm³/mol. The van der Waals surface area contributed by atoms with Crippen molar-refractivity contribution in [3.8, 4) is 11.1 Å². The molecule has 1 aliphatic rings. The van der Waals surface area contributed by atoms with Crippen LogP contribution in [0.1, 0.15) is 39.7 Å². The van der Waals surface area contributed by atoms with Gasteiger partial charge < -0.3 is 20.5 Å².